The minimum absolute atomic E-state index is 0.232. The number of rotatable bonds is 8. The van der Waals surface area contributed by atoms with Gasteiger partial charge in [0.15, 0.2) is 0 Å². The van der Waals surface area contributed by atoms with Gasteiger partial charge in [0.05, 0.1) is 11.2 Å². The van der Waals surface area contributed by atoms with Crippen LogP contribution in [0.4, 0.5) is 0 Å². The Bertz CT molecular complexity index is 624. The molecule has 122 valence electrons. The summed E-state index contributed by atoms with van der Waals surface area (Å²) in [5, 5.41) is 16.7. The SMILES string of the molecule is CC(C(c1ccccc1)C(CCC(=O)O)C(=O)O)S(=O)(=O)O. The third-order valence-corrected chi connectivity index (χ3v) is 4.81. The number of hydrogen-bond acceptors (Lipinski definition) is 4. The van der Waals surface area contributed by atoms with E-state index in [4.69, 9.17) is 5.11 Å². The summed E-state index contributed by atoms with van der Waals surface area (Å²) in [5.74, 6) is -4.76. The molecule has 1 aromatic carbocycles. The van der Waals surface area contributed by atoms with Crippen LogP contribution in [0, 0.1) is 5.92 Å². The molecule has 0 spiro atoms. The highest BCUT2D eigenvalue weighted by Crippen LogP contribution is 2.34. The van der Waals surface area contributed by atoms with Crippen LogP contribution in [0.15, 0.2) is 30.3 Å². The first-order valence-corrected chi connectivity index (χ1v) is 8.10. The van der Waals surface area contributed by atoms with Gasteiger partial charge in [0.2, 0.25) is 0 Å². The maximum atomic E-state index is 11.5. The maximum absolute atomic E-state index is 11.5. The van der Waals surface area contributed by atoms with Crippen molar-refractivity contribution in [2.75, 3.05) is 0 Å². The topological polar surface area (TPSA) is 129 Å². The van der Waals surface area contributed by atoms with Gasteiger partial charge < -0.3 is 10.2 Å². The summed E-state index contributed by atoms with van der Waals surface area (Å²) < 4.78 is 32.2. The molecule has 0 saturated carbocycles. The standard InChI is InChI=1S/C14H18O7S/c1-9(22(19,20)21)13(10-5-3-2-4-6-10)11(14(17)18)7-8-12(15)16/h2-6,9,11,13H,7-8H2,1H3,(H,15,16)(H,17,18)(H,19,20,21). The largest absolute Gasteiger partial charge is 0.481 e. The van der Waals surface area contributed by atoms with E-state index in [1.165, 1.54) is 6.92 Å². The third-order valence-electron chi connectivity index (χ3n) is 3.58. The molecule has 22 heavy (non-hydrogen) atoms. The van der Waals surface area contributed by atoms with E-state index in [2.05, 4.69) is 0 Å². The smallest absolute Gasteiger partial charge is 0.307 e. The average molecular weight is 330 g/mol. The molecule has 0 aliphatic heterocycles. The second-order valence-electron chi connectivity index (χ2n) is 5.03. The zero-order chi connectivity index (χ0) is 16.9. The van der Waals surface area contributed by atoms with Gasteiger partial charge in [0, 0.05) is 12.3 Å². The molecule has 0 aromatic heterocycles. The molecule has 3 unspecified atom stereocenters. The lowest BCUT2D eigenvalue weighted by Gasteiger charge is -2.28. The van der Waals surface area contributed by atoms with Crippen molar-refractivity contribution in [1.82, 2.24) is 0 Å². The number of aliphatic carboxylic acids is 2. The van der Waals surface area contributed by atoms with Crippen LogP contribution in [-0.4, -0.2) is 40.4 Å². The van der Waals surface area contributed by atoms with Gasteiger partial charge in [-0.3, -0.25) is 14.1 Å². The zero-order valence-corrected chi connectivity index (χ0v) is 12.7. The fourth-order valence-corrected chi connectivity index (χ4v) is 3.14. The van der Waals surface area contributed by atoms with Crippen molar-refractivity contribution in [3.63, 3.8) is 0 Å². The summed E-state index contributed by atoms with van der Waals surface area (Å²) in [6, 6.07) is 8.04. The van der Waals surface area contributed by atoms with Crippen LogP contribution in [0.25, 0.3) is 0 Å². The second kappa shape index (κ2) is 7.37. The van der Waals surface area contributed by atoms with Crippen molar-refractivity contribution < 1.29 is 32.8 Å². The lowest BCUT2D eigenvalue weighted by atomic mass is 9.81. The maximum Gasteiger partial charge on any atom is 0.307 e. The second-order valence-corrected chi connectivity index (χ2v) is 6.81. The summed E-state index contributed by atoms with van der Waals surface area (Å²) in [6.07, 6.45) is -0.636. The van der Waals surface area contributed by atoms with Gasteiger partial charge in [-0.05, 0) is 18.9 Å². The number of benzene rings is 1. The van der Waals surface area contributed by atoms with Crippen molar-refractivity contribution in [1.29, 1.82) is 0 Å². The Morgan fingerprint density at radius 2 is 1.68 bits per heavy atom. The van der Waals surface area contributed by atoms with E-state index in [-0.39, 0.29) is 6.42 Å². The van der Waals surface area contributed by atoms with Crippen molar-refractivity contribution in [3.05, 3.63) is 35.9 Å². The van der Waals surface area contributed by atoms with E-state index in [1.54, 1.807) is 30.3 Å². The molecule has 3 atom stereocenters. The summed E-state index contributed by atoms with van der Waals surface area (Å²) in [5.41, 5.74) is 0.422. The van der Waals surface area contributed by atoms with Crippen molar-refractivity contribution in [2.45, 2.75) is 30.9 Å². The van der Waals surface area contributed by atoms with E-state index in [9.17, 15) is 27.7 Å². The highest BCUT2D eigenvalue weighted by molar-refractivity contribution is 7.86. The van der Waals surface area contributed by atoms with Crippen LogP contribution in [0.1, 0.15) is 31.2 Å². The molecule has 8 heteroatoms. The van der Waals surface area contributed by atoms with Crippen LogP contribution in [0.3, 0.4) is 0 Å². The van der Waals surface area contributed by atoms with Crippen LogP contribution < -0.4 is 0 Å². The Labute approximate surface area is 128 Å². The molecule has 3 N–H and O–H groups in total. The summed E-state index contributed by atoms with van der Waals surface area (Å²) in [7, 11) is -4.48. The summed E-state index contributed by atoms with van der Waals surface area (Å²) >= 11 is 0. The van der Waals surface area contributed by atoms with E-state index in [1.807, 2.05) is 0 Å². The van der Waals surface area contributed by atoms with Crippen LogP contribution in [-0.2, 0) is 19.7 Å². The van der Waals surface area contributed by atoms with Gasteiger partial charge >= 0.3 is 11.9 Å². The average Bonchev–Trinajstić information content (AvgIpc) is 2.42. The third kappa shape index (κ3) is 4.81. The number of carboxylic acid groups (broad SMARTS) is 2. The molecule has 0 bridgehead atoms. The van der Waals surface area contributed by atoms with Crippen LogP contribution >= 0.6 is 0 Å². The fourth-order valence-electron chi connectivity index (χ4n) is 2.43. The van der Waals surface area contributed by atoms with E-state index in [0.29, 0.717) is 5.56 Å². The monoisotopic (exact) mass is 330 g/mol. The molecule has 0 aliphatic rings. The van der Waals surface area contributed by atoms with Gasteiger partial charge in [-0.25, -0.2) is 0 Å². The van der Waals surface area contributed by atoms with Gasteiger partial charge in [0.1, 0.15) is 0 Å². The van der Waals surface area contributed by atoms with Crippen molar-refractivity contribution in [2.24, 2.45) is 5.92 Å². The lowest BCUT2D eigenvalue weighted by Crippen LogP contribution is -2.34. The normalized spacial score (nSPS) is 15.7. The molecule has 0 heterocycles. The molecule has 0 radical (unpaired) electrons. The molecule has 0 amide bonds. The quantitative estimate of drug-likeness (QED) is 0.617. The van der Waals surface area contributed by atoms with Crippen molar-refractivity contribution >= 4 is 22.1 Å². The molecule has 0 saturated heterocycles. The predicted octanol–water partition coefficient (Wildman–Crippen LogP) is 1.61. The first-order valence-electron chi connectivity index (χ1n) is 6.60. The van der Waals surface area contributed by atoms with Gasteiger partial charge in [-0.2, -0.15) is 8.42 Å². The van der Waals surface area contributed by atoms with Gasteiger partial charge in [0.25, 0.3) is 10.1 Å². The number of carboxylic acids is 2. The minimum atomic E-state index is -4.48. The summed E-state index contributed by atoms with van der Waals surface area (Å²) in [4.78, 5) is 22.2. The molecule has 1 aromatic rings. The Kier molecular flexibility index (Phi) is 6.07. The van der Waals surface area contributed by atoms with Gasteiger partial charge in [-0.1, -0.05) is 30.3 Å². The number of hydrogen-bond donors (Lipinski definition) is 3. The first-order chi connectivity index (χ1) is 10.1. The molecule has 7 nitrogen and oxygen atoms in total. The van der Waals surface area contributed by atoms with Crippen molar-refractivity contribution in [3.8, 4) is 0 Å². The van der Waals surface area contributed by atoms with Crippen LogP contribution in [0.5, 0.6) is 0 Å². The van der Waals surface area contributed by atoms with E-state index < -0.39 is 45.6 Å². The lowest BCUT2D eigenvalue weighted by molar-refractivity contribution is -0.143. The molecular weight excluding hydrogens is 312 g/mol. The Morgan fingerprint density at radius 1 is 1.14 bits per heavy atom. The van der Waals surface area contributed by atoms with Gasteiger partial charge in [-0.15, -0.1) is 0 Å². The zero-order valence-electron chi connectivity index (χ0n) is 11.9. The molecular formula is C14H18O7S. The van der Waals surface area contributed by atoms with Crippen LogP contribution in [0.2, 0.25) is 0 Å². The number of carbonyl (C=O) groups is 2. The van der Waals surface area contributed by atoms with E-state index in [0.717, 1.165) is 0 Å². The predicted molar refractivity (Wildman–Crippen MR) is 78.2 cm³/mol. The Morgan fingerprint density at radius 3 is 2.09 bits per heavy atom. The summed E-state index contributed by atoms with van der Waals surface area (Å²) in [6.45, 7) is 1.21. The molecule has 0 fully saturated rings. The highest BCUT2D eigenvalue weighted by Gasteiger charge is 2.38. The van der Waals surface area contributed by atoms with E-state index >= 15 is 0 Å². The highest BCUT2D eigenvalue weighted by atomic mass is 32.2. The fraction of sp³-hybridized carbons (Fsp3) is 0.429. The molecule has 0 aliphatic carbocycles. The first kappa shape index (κ1) is 18.1. The molecule has 1 rings (SSSR count). The minimum Gasteiger partial charge on any atom is -0.481 e. The Hall–Kier alpha value is -1.93. The Balaban J connectivity index is 3.27.